The van der Waals surface area contributed by atoms with Gasteiger partial charge in [0, 0.05) is 10.9 Å². The van der Waals surface area contributed by atoms with Gasteiger partial charge in [-0.3, -0.25) is 9.69 Å². The molecule has 1 atom stereocenters. The fourth-order valence-corrected chi connectivity index (χ4v) is 6.66. The summed E-state index contributed by atoms with van der Waals surface area (Å²) in [5.41, 5.74) is 1.49. The molecule has 1 amide bonds. The van der Waals surface area contributed by atoms with E-state index in [2.05, 4.69) is 5.32 Å². The van der Waals surface area contributed by atoms with Crippen LogP contribution in [0.3, 0.4) is 0 Å². The number of likely N-dealkylation sites (N-methyl/N-ethyl adjacent to an activating group) is 1. The van der Waals surface area contributed by atoms with E-state index in [1.165, 1.54) is 11.3 Å². The molecule has 2 aliphatic rings. The molecule has 0 radical (unpaired) electrons. The second kappa shape index (κ2) is 7.66. The van der Waals surface area contributed by atoms with Gasteiger partial charge in [0.15, 0.2) is 9.84 Å². The zero-order chi connectivity index (χ0) is 18.9. The number of sulfone groups is 1. The number of thiophene rings is 1. The molecule has 9 heteroatoms. The minimum atomic E-state index is -2.99. The zero-order valence-corrected chi connectivity index (χ0v) is 16.7. The second-order valence-electron chi connectivity index (χ2n) is 6.80. The van der Waals surface area contributed by atoms with Crippen LogP contribution in [0.15, 0.2) is 0 Å². The normalized spacial score (nSPS) is 21.0. The highest BCUT2D eigenvalue weighted by molar-refractivity contribution is 7.91. The molecule has 0 saturated carbocycles. The molecule has 3 rings (SSSR count). The van der Waals surface area contributed by atoms with Crippen molar-refractivity contribution in [2.24, 2.45) is 0 Å². The number of hydrogen-bond donors (Lipinski definition) is 1. The van der Waals surface area contributed by atoms with Gasteiger partial charge in [0.05, 0.1) is 30.2 Å². The van der Waals surface area contributed by atoms with Crippen LogP contribution in [0.2, 0.25) is 0 Å². The van der Waals surface area contributed by atoms with Gasteiger partial charge < -0.3 is 10.1 Å². The van der Waals surface area contributed by atoms with Crippen LogP contribution < -0.4 is 5.32 Å². The zero-order valence-electron chi connectivity index (χ0n) is 15.0. The number of amides is 1. The number of nitrogens with zero attached hydrogens (tertiary/aromatic N) is 1. The van der Waals surface area contributed by atoms with Crippen LogP contribution in [0.1, 0.15) is 40.6 Å². The summed E-state index contributed by atoms with van der Waals surface area (Å²) < 4.78 is 28.4. The van der Waals surface area contributed by atoms with Crippen molar-refractivity contribution in [2.75, 3.05) is 37.0 Å². The number of esters is 1. The Morgan fingerprint density at radius 2 is 2.12 bits per heavy atom. The molecule has 1 N–H and O–H groups in total. The van der Waals surface area contributed by atoms with Crippen LogP contribution in [0.4, 0.5) is 5.00 Å². The number of anilines is 1. The van der Waals surface area contributed by atoms with Gasteiger partial charge in [0.1, 0.15) is 5.00 Å². The van der Waals surface area contributed by atoms with Crippen molar-refractivity contribution in [3.8, 4) is 0 Å². The van der Waals surface area contributed by atoms with Crippen molar-refractivity contribution < 1.29 is 22.7 Å². The van der Waals surface area contributed by atoms with E-state index in [1.807, 2.05) is 0 Å². The van der Waals surface area contributed by atoms with Crippen LogP contribution in [0.25, 0.3) is 0 Å². The number of carbonyl (C=O) groups is 2. The SMILES string of the molecule is CCOC(=O)c1c(NC(=O)CN(C)[C@@H]2CCS(=O)(=O)C2)sc2c1CCC2. The average molecular weight is 401 g/mol. The highest BCUT2D eigenvalue weighted by atomic mass is 32.2. The number of ether oxygens (including phenoxy) is 1. The average Bonchev–Trinajstić information content (AvgIpc) is 3.21. The molecule has 7 nitrogen and oxygen atoms in total. The van der Waals surface area contributed by atoms with Crippen LogP contribution in [0.5, 0.6) is 0 Å². The van der Waals surface area contributed by atoms with Crippen molar-refractivity contribution in [3.05, 3.63) is 16.0 Å². The molecule has 144 valence electrons. The fraction of sp³-hybridized carbons (Fsp3) is 0.647. The van der Waals surface area contributed by atoms with E-state index in [4.69, 9.17) is 4.74 Å². The molecule has 1 aromatic rings. The van der Waals surface area contributed by atoms with Gasteiger partial charge in [-0.25, -0.2) is 13.2 Å². The summed E-state index contributed by atoms with van der Waals surface area (Å²) >= 11 is 1.44. The van der Waals surface area contributed by atoms with Crippen LogP contribution in [-0.4, -0.2) is 62.9 Å². The Balaban J connectivity index is 1.69. The van der Waals surface area contributed by atoms with E-state index < -0.39 is 15.8 Å². The second-order valence-corrected chi connectivity index (χ2v) is 10.1. The van der Waals surface area contributed by atoms with Crippen molar-refractivity contribution in [2.45, 2.75) is 38.6 Å². The summed E-state index contributed by atoms with van der Waals surface area (Å²) in [7, 11) is -1.23. The standard InChI is InChI=1S/C17H24N2O5S2/c1-3-24-17(21)15-12-5-4-6-13(12)25-16(15)18-14(20)9-19(2)11-7-8-26(22,23)10-11/h11H,3-10H2,1-2H3,(H,18,20)/t11-/m1/s1. The molecule has 1 aromatic heterocycles. The molecule has 0 bridgehead atoms. The summed E-state index contributed by atoms with van der Waals surface area (Å²) in [5.74, 6) is -0.369. The maximum atomic E-state index is 12.5. The van der Waals surface area contributed by atoms with E-state index >= 15 is 0 Å². The first-order chi connectivity index (χ1) is 12.3. The molecule has 1 aliphatic carbocycles. The van der Waals surface area contributed by atoms with Crippen molar-refractivity contribution in [3.63, 3.8) is 0 Å². The Labute approximate surface area is 157 Å². The maximum absolute atomic E-state index is 12.5. The van der Waals surface area contributed by atoms with Crippen LogP contribution in [0, 0.1) is 0 Å². The number of fused-ring (bicyclic) bond motifs is 1. The third kappa shape index (κ3) is 4.10. The number of rotatable bonds is 6. The van der Waals surface area contributed by atoms with E-state index in [0.717, 1.165) is 29.7 Å². The van der Waals surface area contributed by atoms with Crippen molar-refractivity contribution in [1.82, 2.24) is 4.90 Å². The van der Waals surface area contributed by atoms with E-state index in [-0.39, 0.29) is 36.6 Å². The Morgan fingerprint density at radius 3 is 2.77 bits per heavy atom. The van der Waals surface area contributed by atoms with E-state index in [9.17, 15) is 18.0 Å². The summed E-state index contributed by atoms with van der Waals surface area (Å²) in [4.78, 5) is 27.7. The lowest BCUT2D eigenvalue weighted by Crippen LogP contribution is -2.38. The number of aryl methyl sites for hydroxylation is 1. The van der Waals surface area contributed by atoms with Crippen molar-refractivity contribution in [1.29, 1.82) is 0 Å². The summed E-state index contributed by atoms with van der Waals surface area (Å²) in [6.45, 7) is 2.13. The number of hydrogen-bond acceptors (Lipinski definition) is 7. The van der Waals surface area contributed by atoms with Gasteiger partial charge in [-0.05, 0) is 45.2 Å². The fourth-order valence-electron chi connectivity index (χ4n) is 3.56. The molecule has 1 saturated heterocycles. The quantitative estimate of drug-likeness (QED) is 0.727. The number of nitrogens with one attached hydrogen (secondary N) is 1. The molecule has 1 fully saturated rings. The smallest absolute Gasteiger partial charge is 0.341 e. The monoisotopic (exact) mass is 400 g/mol. The van der Waals surface area contributed by atoms with Crippen LogP contribution in [-0.2, 0) is 32.2 Å². The molecule has 0 unspecified atom stereocenters. The lowest BCUT2D eigenvalue weighted by molar-refractivity contribution is -0.117. The molecule has 2 heterocycles. The minimum absolute atomic E-state index is 0.0883. The highest BCUT2D eigenvalue weighted by Crippen LogP contribution is 2.39. The highest BCUT2D eigenvalue weighted by Gasteiger charge is 2.32. The molecular formula is C17H24N2O5S2. The maximum Gasteiger partial charge on any atom is 0.341 e. The first kappa shape index (κ1) is 19.3. The molecule has 0 aromatic carbocycles. The third-order valence-corrected chi connectivity index (χ3v) is 7.84. The summed E-state index contributed by atoms with van der Waals surface area (Å²) in [5, 5.41) is 3.39. The minimum Gasteiger partial charge on any atom is -0.462 e. The predicted molar refractivity (Wildman–Crippen MR) is 101 cm³/mol. The predicted octanol–water partition coefficient (Wildman–Crippen LogP) is 1.47. The van der Waals surface area contributed by atoms with Gasteiger partial charge >= 0.3 is 5.97 Å². The van der Waals surface area contributed by atoms with Crippen LogP contribution >= 0.6 is 11.3 Å². The van der Waals surface area contributed by atoms with E-state index in [0.29, 0.717) is 17.0 Å². The Kier molecular flexibility index (Phi) is 5.69. The van der Waals surface area contributed by atoms with Gasteiger partial charge in [-0.2, -0.15) is 0 Å². The summed E-state index contributed by atoms with van der Waals surface area (Å²) in [6.07, 6.45) is 3.31. The Morgan fingerprint density at radius 1 is 1.35 bits per heavy atom. The third-order valence-electron chi connectivity index (χ3n) is 4.88. The Hall–Kier alpha value is -1.45. The van der Waals surface area contributed by atoms with Gasteiger partial charge in [-0.1, -0.05) is 0 Å². The molecular weight excluding hydrogens is 376 g/mol. The first-order valence-corrected chi connectivity index (χ1v) is 11.5. The Bertz CT molecular complexity index is 815. The summed E-state index contributed by atoms with van der Waals surface area (Å²) in [6, 6.07) is -0.136. The first-order valence-electron chi connectivity index (χ1n) is 8.83. The van der Waals surface area contributed by atoms with Gasteiger partial charge in [0.2, 0.25) is 5.91 Å². The van der Waals surface area contributed by atoms with Gasteiger partial charge in [-0.15, -0.1) is 11.3 Å². The van der Waals surface area contributed by atoms with Crippen molar-refractivity contribution >= 4 is 38.1 Å². The lowest BCUT2D eigenvalue weighted by atomic mass is 10.1. The van der Waals surface area contributed by atoms with Gasteiger partial charge in [0.25, 0.3) is 0 Å². The van der Waals surface area contributed by atoms with E-state index in [1.54, 1.807) is 18.9 Å². The lowest BCUT2D eigenvalue weighted by Gasteiger charge is -2.22. The molecule has 1 aliphatic heterocycles. The molecule has 0 spiro atoms. The number of carbonyl (C=O) groups excluding carboxylic acids is 2. The topological polar surface area (TPSA) is 92.8 Å². The largest absolute Gasteiger partial charge is 0.462 e. The molecule has 26 heavy (non-hydrogen) atoms.